The van der Waals surface area contributed by atoms with Crippen molar-refractivity contribution in [3.05, 3.63) is 63.5 Å². The van der Waals surface area contributed by atoms with Gasteiger partial charge in [0.1, 0.15) is 12.0 Å². The van der Waals surface area contributed by atoms with Crippen LogP contribution in [0.15, 0.2) is 36.4 Å². The molecule has 2 rings (SSSR count). The predicted octanol–water partition coefficient (Wildman–Crippen LogP) is 3.65. The molecule has 2 aromatic carbocycles. The Hall–Kier alpha value is -2.76. The van der Waals surface area contributed by atoms with E-state index >= 15 is 0 Å². The molecule has 20 heavy (non-hydrogen) atoms. The molecular weight excluding hydrogens is 265 g/mol. The second kappa shape index (κ2) is 5.48. The van der Waals surface area contributed by atoms with E-state index in [1.165, 1.54) is 19.1 Å². The van der Waals surface area contributed by atoms with Crippen molar-refractivity contribution in [2.45, 2.75) is 6.92 Å². The quantitative estimate of drug-likeness (QED) is 0.485. The molecule has 0 bridgehead atoms. The van der Waals surface area contributed by atoms with Crippen LogP contribution in [0.25, 0.3) is 0 Å². The summed E-state index contributed by atoms with van der Waals surface area (Å²) < 4.78 is 19.1. The van der Waals surface area contributed by atoms with Gasteiger partial charge in [0.05, 0.1) is 11.0 Å². The Kier molecular flexibility index (Phi) is 3.74. The zero-order valence-corrected chi connectivity index (χ0v) is 10.5. The van der Waals surface area contributed by atoms with Crippen LogP contribution >= 0.6 is 0 Å². The van der Waals surface area contributed by atoms with E-state index < -0.39 is 10.7 Å². The molecule has 0 aliphatic heterocycles. The summed E-state index contributed by atoms with van der Waals surface area (Å²) in [6.45, 7) is 1.49. The fourth-order valence-corrected chi connectivity index (χ4v) is 1.70. The van der Waals surface area contributed by atoms with E-state index in [1.54, 1.807) is 18.2 Å². The number of carbonyl (C=O) groups excluding carboxylic acids is 1. The predicted molar refractivity (Wildman–Crippen MR) is 69.7 cm³/mol. The topological polar surface area (TPSA) is 69.4 Å². The lowest BCUT2D eigenvalue weighted by Crippen LogP contribution is -1.96. The van der Waals surface area contributed by atoms with Gasteiger partial charge in [0.15, 0.2) is 11.6 Å². The summed E-state index contributed by atoms with van der Waals surface area (Å²) in [6, 6.07) is 8.24. The number of ether oxygens (including phenoxy) is 1. The number of benzene rings is 2. The molecule has 0 fully saturated rings. The maximum Gasteiger partial charge on any atom is 0.275 e. The molecule has 102 valence electrons. The van der Waals surface area contributed by atoms with E-state index in [2.05, 4.69) is 0 Å². The highest BCUT2D eigenvalue weighted by molar-refractivity contribution is 5.75. The monoisotopic (exact) mass is 275 g/mol. The first-order chi connectivity index (χ1) is 9.51. The Morgan fingerprint density at radius 3 is 2.70 bits per heavy atom. The van der Waals surface area contributed by atoms with Gasteiger partial charge < -0.3 is 4.74 Å². The highest BCUT2D eigenvalue weighted by Crippen LogP contribution is 2.30. The molecule has 0 atom stereocenters. The average molecular weight is 275 g/mol. The first-order valence-electron chi connectivity index (χ1n) is 5.69. The minimum absolute atomic E-state index is 0.129. The molecule has 0 aliphatic rings. The zero-order chi connectivity index (χ0) is 14.7. The van der Waals surface area contributed by atoms with Gasteiger partial charge in [-0.15, -0.1) is 0 Å². The van der Waals surface area contributed by atoms with Gasteiger partial charge >= 0.3 is 0 Å². The Balaban J connectivity index is 2.36. The second-order valence-electron chi connectivity index (χ2n) is 4.12. The summed E-state index contributed by atoms with van der Waals surface area (Å²) in [7, 11) is 0. The van der Waals surface area contributed by atoms with Crippen molar-refractivity contribution >= 4 is 12.0 Å². The fraction of sp³-hybridized carbons (Fsp3) is 0.0714. The number of rotatable bonds is 4. The number of hydrogen-bond donors (Lipinski definition) is 0. The largest absolute Gasteiger partial charge is 0.454 e. The van der Waals surface area contributed by atoms with Crippen LogP contribution in [0.5, 0.6) is 11.5 Å². The van der Waals surface area contributed by atoms with Crippen LogP contribution in [0.1, 0.15) is 15.9 Å². The maximum absolute atomic E-state index is 13.8. The van der Waals surface area contributed by atoms with Crippen molar-refractivity contribution in [2.24, 2.45) is 0 Å². The number of aryl methyl sites for hydroxylation is 1. The van der Waals surface area contributed by atoms with Gasteiger partial charge in [0.2, 0.25) is 0 Å². The van der Waals surface area contributed by atoms with Gasteiger partial charge in [0, 0.05) is 11.1 Å². The van der Waals surface area contributed by atoms with Crippen LogP contribution in [-0.2, 0) is 0 Å². The molecule has 0 unspecified atom stereocenters. The number of carbonyl (C=O) groups is 1. The van der Waals surface area contributed by atoms with Crippen molar-refractivity contribution in [1.82, 2.24) is 0 Å². The minimum atomic E-state index is -0.834. The summed E-state index contributed by atoms with van der Waals surface area (Å²) in [5.74, 6) is -0.684. The van der Waals surface area contributed by atoms with Crippen molar-refractivity contribution in [2.75, 3.05) is 0 Å². The summed E-state index contributed by atoms with van der Waals surface area (Å²) >= 11 is 0. The first kappa shape index (κ1) is 13.7. The van der Waals surface area contributed by atoms with Gasteiger partial charge in [-0.3, -0.25) is 14.9 Å². The lowest BCUT2D eigenvalue weighted by Gasteiger charge is -2.08. The standard InChI is InChI=1S/C14H10FNO4/c1-9-5-14(12(15)7-13(9)16(18)19)20-11-4-2-3-10(6-11)8-17/h2-8H,1H3. The van der Waals surface area contributed by atoms with Crippen LogP contribution in [-0.4, -0.2) is 11.2 Å². The molecule has 0 saturated carbocycles. The molecule has 6 heteroatoms. The summed E-state index contributed by atoms with van der Waals surface area (Å²) in [5.41, 5.74) is 0.371. The van der Waals surface area contributed by atoms with Crippen molar-refractivity contribution in [3.63, 3.8) is 0 Å². The van der Waals surface area contributed by atoms with E-state index in [0.29, 0.717) is 11.8 Å². The summed E-state index contributed by atoms with van der Waals surface area (Å²) in [6.07, 6.45) is 0.643. The van der Waals surface area contributed by atoms with Crippen LogP contribution in [0.2, 0.25) is 0 Å². The summed E-state index contributed by atoms with van der Waals surface area (Å²) in [5, 5.41) is 10.7. The molecule has 0 aromatic heterocycles. The molecule has 0 amide bonds. The van der Waals surface area contributed by atoms with Crippen LogP contribution in [0.3, 0.4) is 0 Å². The highest BCUT2D eigenvalue weighted by atomic mass is 19.1. The number of aldehydes is 1. The molecule has 0 heterocycles. The second-order valence-corrected chi connectivity index (χ2v) is 4.12. The molecule has 0 N–H and O–H groups in total. The normalized spacial score (nSPS) is 10.1. The van der Waals surface area contributed by atoms with Crippen molar-refractivity contribution < 1.29 is 18.8 Å². The first-order valence-corrected chi connectivity index (χ1v) is 5.69. The maximum atomic E-state index is 13.8. The Labute approximate surface area is 113 Å². The fourth-order valence-electron chi connectivity index (χ4n) is 1.70. The van der Waals surface area contributed by atoms with Gasteiger partial charge in [-0.05, 0) is 25.1 Å². The van der Waals surface area contributed by atoms with Gasteiger partial charge in [0.25, 0.3) is 5.69 Å². The molecule has 5 nitrogen and oxygen atoms in total. The van der Waals surface area contributed by atoms with E-state index in [4.69, 9.17) is 4.74 Å². The van der Waals surface area contributed by atoms with Gasteiger partial charge in [-0.2, -0.15) is 0 Å². The highest BCUT2D eigenvalue weighted by Gasteiger charge is 2.16. The summed E-state index contributed by atoms with van der Waals surface area (Å²) in [4.78, 5) is 20.7. The van der Waals surface area contributed by atoms with Crippen LogP contribution < -0.4 is 4.74 Å². The molecule has 2 aromatic rings. The number of hydrogen-bond acceptors (Lipinski definition) is 4. The third kappa shape index (κ3) is 2.80. The van der Waals surface area contributed by atoms with Gasteiger partial charge in [-0.1, -0.05) is 12.1 Å². The number of nitro groups is 1. The number of nitro benzene ring substituents is 1. The smallest absolute Gasteiger partial charge is 0.275 e. The van der Waals surface area contributed by atoms with E-state index in [0.717, 1.165) is 6.07 Å². The number of halogens is 1. The van der Waals surface area contributed by atoms with Crippen LogP contribution in [0.4, 0.5) is 10.1 Å². The van der Waals surface area contributed by atoms with E-state index in [9.17, 15) is 19.3 Å². The number of nitrogens with zero attached hydrogens (tertiary/aromatic N) is 1. The average Bonchev–Trinajstić information content (AvgIpc) is 2.42. The van der Waals surface area contributed by atoms with Crippen LogP contribution in [0, 0.1) is 22.9 Å². The third-order valence-electron chi connectivity index (χ3n) is 2.67. The lowest BCUT2D eigenvalue weighted by atomic mass is 10.2. The molecule has 0 aliphatic carbocycles. The Morgan fingerprint density at radius 2 is 2.05 bits per heavy atom. The third-order valence-corrected chi connectivity index (χ3v) is 2.67. The Bertz CT molecular complexity index is 685. The molecule has 0 saturated heterocycles. The molecule has 0 radical (unpaired) electrons. The SMILES string of the molecule is Cc1cc(Oc2cccc(C=O)c2)c(F)cc1[N+](=O)[O-]. The van der Waals surface area contributed by atoms with E-state index in [1.807, 2.05) is 0 Å². The van der Waals surface area contributed by atoms with Gasteiger partial charge in [-0.25, -0.2) is 4.39 Å². The lowest BCUT2D eigenvalue weighted by molar-refractivity contribution is -0.385. The minimum Gasteiger partial charge on any atom is -0.454 e. The Morgan fingerprint density at radius 1 is 1.30 bits per heavy atom. The molecule has 0 spiro atoms. The zero-order valence-electron chi connectivity index (χ0n) is 10.5. The molecular formula is C14H10FNO4. The van der Waals surface area contributed by atoms with E-state index in [-0.39, 0.29) is 22.7 Å². The van der Waals surface area contributed by atoms with Crippen molar-refractivity contribution in [3.8, 4) is 11.5 Å². The van der Waals surface area contributed by atoms with Crippen molar-refractivity contribution in [1.29, 1.82) is 0 Å².